The number of para-hydroxylation sites is 1. The van der Waals surface area contributed by atoms with Gasteiger partial charge in [-0.2, -0.15) is 4.98 Å². The van der Waals surface area contributed by atoms with E-state index in [1.165, 1.54) is 13.4 Å². The van der Waals surface area contributed by atoms with Crippen LogP contribution in [0, 0.1) is 5.53 Å². The molecule has 0 saturated heterocycles. The summed E-state index contributed by atoms with van der Waals surface area (Å²) in [5, 5.41) is 6.43. The Labute approximate surface area is 98.2 Å². The summed E-state index contributed by atoms with van der Waals surface area (Å²) in [5.74, 6) is 0.714. The topological polar surface area (TPSA) is 83.2 Å². The van der Waals surface area contributed by atoms with Gasteiger partial charge in [0.05, 0.1) is 7.11 Å². The van der Waals surface area contributed by atoms with E-state index in [4.69, 9.17) is 10.3 Å². The first-order chi connectivity index (χ1) is 8.35. The number of aromatic nitrogens is 2. The van der Waals surface area contributed by atoms with Crippen molar-refractivity contribution in [2.75, 3.05) is 12.4 Å². The number of hydrogen-bond donors (Lipinski definition) is 2. The average molecular weight is 229 g/mol. The standard InChI is InChI=1S/C11H11N5O/c1-17-11-9(16-12)10(13-7-14-11)15-8-5-3-2-4-6-8/h2-7,12H,1H3,(H,13,14,15). The van der Waals surface area contributed by atoms with Gasteiger partial charge in [0.2, 0.25) is 5.88 Å². The molecule has 0 radical (unpaired) electrons. The van der Waals surface area contributed by atoms with Crippen molar-refractivity contribution in [2.45, 2.75) is 0 Å². The molecule has 0 saturated carbocycles. The highest BCUT2D eigenvalue weighted by atomic mass is 16.5. The molecular weight excluding hydrogens is 218 g/mol. The third-order valence-corrected chi connectivity index (χ3v) is 2.13. The van der Waals surface area contributed by atoms with E-state index < -0.39 is 0 Å². The first kappa shape index (κ1) is 11.0. The van der Waals surface area contributed by atoms with E-state index in [1.54, 1.807) is 0 Å². The lowest BCUT2D eigenvalue weighted by Gasteiger charge is -2.08. The van der Waals surface area contributed by atoms with Crippen molar-refractivity contribution in [2.24, 2.45) is 5.11 Å². The third-order valence-electron chi connectivity index (χ3n) is 2.13. The fourth-order valence-electron chi connectivity index (χ4n) is 1.36. The number of benzene rings is 1. The number of hydrogen-bond acceptors (Lipinski definition) is 6. The van der Waals surface area contributed by atoms with Crippen LogP contribution >= 0.6 is 0 Å². The monoisotopic (exact) mass is 229 g/mol. The van der Waals surface area contributed by atoms with Crippen molar-refractivity contribution in [1.82, 2.24) is 9.97 Å². The van der Waals surface area contributed by atoms with Crippen LogP contribution < -0.4 is 10.1 Å². The zero-order valence-electron chi connectivity index (χ0n) is 9.21. The van der Waals surface area contributed by atoms with Crippen molar-refractivity contribution < 1.29 is 4.74 Å². The lowest BCUT2D eigenvalue weighted by atomic mass is 10.3. The van der Waals surface area contributed by atoms with E-state index in [2.05, 4.69) is 20.4 Å². The Morgan fingerprint density at radius 2 is 2.00 bits per heavy atom. The summed E-state index contributed by atoms with van der Waals surface area (Å²) in [5.41, 5.74) is 8.26. The van der Waals surface area contributed by atoms with Crippen molar-refractivity contribution in [3.63, 3.8) is 0 Å². The normalized spacial score (nSPS) is 9.71. The molecule has 2 rings (SSSR count). The summed E-state index contributed by atoms with van der Waals surface area (Å²) >= 11 is 0. The molecular formula is C11H11N5O. The minimum atomic E-state index is 0.272. The van der Waals surface area contributed by atoms with Gasteiger partial charge in [0.25, 0.3) is 0 Å². The Kier molecular flexibility index (Phi) is 3.25. The van der Waals surface area contributed by atoms with E-state index in [-0.39, 0.29) is 11.6 Å². The Bertz CT molecular complexity index is 515. The van der Waals surface area contributed by atoms with E-state index in [0.717, 1.165) is 5.69 Å². The van der Waals surface area contributed by atoms with Crippen molar-refractivity contribution >= 4 is 17.2 Å². The molecule has 1 aromatic carbocycles. The second-order valence-electron chi connectivity index (χ2n) is 3.18. The Morgan fingerprint density at radius 3 is 2.65 bits per heavy atom. The van der Waals surface area contributed by atoms with E-state index in [1.807, 2.05) is 30.3 Å². The van der Waals surface area contributed by atoms with Crippen LogP contribution in [0.5, 0.6) is 5.88 Å². The van der Waals surface area contributed by atoms with E-state index >= 15 is 0 Å². The summed E-state index contributed by atoms with van der Waals surface area (Å²) in [6.45, 7) is 0. The lowest BCUT2D eigenvalue weighted by molar-refractivity contribution is 0.398. The van der Waals surface area contributed by atoms with Crippen LogP contribution in [0.25, 0.3) is 0 Å². The molecule has 0 atom stereocenters. The third kappa shape index (κ3) is 2.36. The molecule has 1 heterocycles. The fourth-order valence-corrected chi connectivity index (χ4v) is 1.36. The van der Waals surface area contributed by atoms with Gasteiger partial charge in [0, 0.05) is 5.69 Å². The number of anilines is 2. The van der Waals surface area contributed by atoms with Crippen molar-refractivity contribution in [3.05, 3.63) is 36.7 Å². The molecule has 1 aromatic heterocycles. The molecule has 17 heavy (non-hydrogen) atoms. The molecule has 0 unspecified atom stereocenters. The van der Waals surface area contributed by atoms with E-state index in [0.29, 0.717) is 5.82 Å². The maximum atomic E-state index is 7.12. The lowest BCUT2D eigenvalue weighted by Crippen LogP contribution is -1.97. The van der Waals surface area contributed by atoms with Gasteiger partial charge in [0.15, 0.2) is 11.5 Å². The predicted octanol–water partition coefficient (Wildman–Crippen LogP) is 2.89. The van der Waals surface area contributed by atoms with Gasteiger partial charge < -0.3 is 10.1 Å². The maximum absolute atomic E-state index is 7.12. The Balaban J connectivity index is 2.36. The molecule has 2 N–H and O–H groups in total. The Hall–Kier alpha value is -2.50. The van der Waals surface area contributed by atoms with Gasteiger partial charge in [-0.3, -0.25) is 0 Å². The molecule has 6 nitrogen and oxygen atoms in total. The second kappa shape index (κ2) is 5.02. The minimum Gasteiger partial charge on any atom is -0.479 e. The molecule has 6 heteroatoms. The van der Waals surface area contributed by atoms with Gasteiger partial charge in [-0.15, -0.1) is 5.11 Å². The highest BCUT2D eigenvalue weighted by Gasteiger charge is 2.11. The molecule has 0 aliphatic rings. The smallest absolute Gasteiger partial charge is 0.247 e. The molecule has 0 fully saturated rings. The van der Waals surface area contributed by atoms with E-state index in [9.17, 15) is 0 Å². The summed E-state index contributed by atoms with van der Waals surface area (Å²) in [6.07, 6.45) is 1.36. The van der Waals surface area contributed by atoms with Crippen LogP contribution in [-0.4, -0.2) is 17.1 Å². The van der Waals surface area contributed by atoms with Crippen LogP contribution in [0.3, 0.4) is 0 Å². The summed E-state index contributed by atoms with van der Waals surface area (Å²) in [7, 11) is 1.48. The minimum absolute atomic E-state index is 0.272. The van der Waals surface area contributed by atoms with Crippen LogP contribution in [0.2, 0.25) is 0 Å². The number of rotatable bonds is 4. The molecule has 0 aliphatic carbocycles. The molecule has 0 aliphatic heterocycles. The van der Waals surface area contributed by atoms with Gasteiger partial charge in [0.1, 0.15) is 6.33 Å². The summed E-state index contributed by atoms with van der Waals surface area (Å²) in [4.78, 5) is 7.92. The number of nitrogens with one attached hydrogen (secondary N) is 2. The highest BCUT2D eigenvalue weighted by molar-refractivity contribution is 5.71. The molecule has 0 spiro atoms. The zero-order valence-corrected chi connectivity index (χ0v) is 9.21. The van der Waals surface area contributed by atoms with Crippen LogP contribution in [0.15, 0.2) is 41.8 Å². The quantitative estimate of drug-likeness (QED) is 0.789. The number of ether oxygens (including phenoxy) is 1. The largest absolute Gasteiger partial charge is 0.479 e. The van der Waals surface area contributed by atoms with Gasteiger partial charge >= 0.3 is 0 Å². The first-order valence-electron chi connectivity index (χ1n) is 4.93. The SMILES string of the molecule is COc1ncnc(Nc2ccccc2)c1N=N. The second-order valence-corrected chi connectivity index (χ2v) is 3.18. The highest BCUT2D eigenvalue weighted by Crippen LogP contribution is 2.32. The number of nitrogens with zero attached hydrogens (tertiary/aromatic N) is 3. The van der Waals surface area contributed by atoms with Crippen LogP contribution in [0.1, 0.15) is 0 Å². The summed E-state index contributed by atoms with van der Waals surface area (Å²) < 4.78 is 5.01. The summed E-state index contributed by atoms with van der Waals surface area (Å²) in [6, 6.07) is 9.50. The molecule has 0 amide bonds. The Morgan fingerprint density at radius 1 is 1.24 bits per heavy atom. The van der Waals surface area contributed by atoms with Gasteiger partial charge in [-0.1, -0.05) is 18.2 Å². The molecule has 2 aromatic rings. The first-order valence-corrected chi connectivity index (χ1v) is 4.93. The molecule has 0 bridgehead atoms. The van der Waals surface area contributed by atoms with Crippen LogP contribution in [0.4, 0.5) is 17.2 Å². The average Bonchev–Trinajstić information content (AvgIpc) is 2.39. The van der Waals surface area contributed by atoms with Crippen LogP contribution in [-0.2, 0) is 0 Å². The van der Waals surface area contributed by atoms with Crippen molar-refractivity contribution in [3.8, 4) is 5.88 Å². The van der Waals surface area contributed by atoms with Gasteiger partial charge in [-0.25, -0.2) is 10.5 Å². The zero-order chi connectivity index (χ0) is 12.1. The fraction of sp³-hybridized carbons (Fsp3) is 0.0909. The predicted molar refractivity (Wildman–Crippen MR) is 63.1 cm³/mol. The van der Waals surface area contributed by atoms with Crippen molar-refractivity contribution in [1.29, 1.82) is 5.53 Å². The maximum Gasteiger partial charge on any atom is 0.247 e. The van der Waals surface area contributed by atoms with Gasteiger partial charge in [-0.05, 0) is 12.1 Å². The molecule has 86 valence electrons. The number of methoxy groups -OCH3 is 1.